The van der Waals surface area contributed by atoms with E-state index in [1.165, 1.54) is 0 Å². The van der Waals surface area contributed by atoms with Gasteiger partial charge in [0, 0.05) is 24.6 Å². The molecule has 7 heteroatoms. The largest absolute Gasteiger partial charge is 0.389 e. The van der Waals surface area contributed by atoms with Crippen LogP contribution in [0.1, 0.15) is 24.5 Å². The number of thiocarbonyl (C=S) groups is 1. The van der Waals surface area contributed by atoms with Gasteiger partial charge in [-0.15, -0.1) is 0 Å². The molecule has 0 spiro atoms. The van der Waals surface area contributed by atoms with Gasteiger partial charge in [-0.3, -0.25) is 0 Å². The number of hydrogen-bond donors (Lipinski definition) is 2. The third kappa shape index (κ3) is 4.47. The van der Waals surface area contributed by atoms with Crippen molar-refractivity contribution in [2.75, 3.05) is 13.2 Å². The monoisotopic (exact) mass is 328 g/mol. The third-order valence-electron chi connectivity index (χ3n) is 3.73. The smallest absolute Gasteiger partial charge is 0.215 e. The minimum atomic E-state index is -3.42. The molecule has 1 heterocycles. The minimum Gasteiger partial charge on any atom is -0.389 e. The summed E-state index contributed by atoms with van der Waals surface area (Å²) in [6.45, 7) is 3.06. The van der Waals surface area contributed by atoms with E-state index in [0.29, 0.717) is 24.3 Å². The van der Waals surface area contributed by atoms with Crippen molar-refractivity contribution in [3.05, 3.63) is 35.4 Å². The molecule has 5 nitrogen and oxygen atoms in total. The summed E-state index contributed by atoms with van der Waals surface area (Å²) in [6.07, 6.45) is 0.976. The molecule has 0 aliphatic carbocycles. The Balaban J connectivity index is 2.02. The molecule has 2 atom stereocenters. The maximum absolute atomic E-state index is 12.2. The fourth-order valence-corrected chi connectivity index (χ4v) is 3.85. The number of benzene rings is 1. The van der Waals surface area contributed by atoms with E-state index in [2.05, 4.69) is 4.72 Å². The molecule has 1 aromatic rings. The van der Waals surface area contributed by atoms with Gasteiger partial charge in [-0.1, -0.05) is 36.5 Å². The van der Waals surface area contributed by atoms with Gasteiger partial charge in [-0.25, -0.2) is 13.1 Å². The molecule has 1 aliphatic heterocycles. The standard InChI is InChI=1S/C14H20N2O3S2/c1-10-11(6-7-19-10)8-16-21(17,18)9-12-4-2-3-5-13(12)14(15)20/h2-5,10-11,16H,6-9H2,1H3,(H2,15,20). The van der Waals surface area contributed by atoms with Crippen LogP contribution in [0.5, 0.6) is 0 Å². The fourth-order valence-electron chi connectivity index (χ4n) is 2.42. The van der Waals surface area contributed by atoms with E-state index in [-0.39, 0.29) is 22.8 Å². The van der Waals surface area contributed by atoms with Crippen molar-refractivity contribution in [3.8, 4) is 0 Å². The fraction of sp³-hybridized carbons (Fsp3) is 0.500. The van der Waals surface area contributed by atoms with Gasteiger partial charge in [0.05, 0.1) is 11.9 Å². The topological polar surface area (TPSA) is 81.4 Å². The third-order valence-corrected chi connectivity index (χ3v) is 5.24. The number of rotatable bonds is 6. The summed E-state index contributed by atoms with van der Waals surface area (Å²) in [5, 5.41) is 0. The van der Waals surface area contributed by atoms with E-state index in [9.17, 15) is 8.42 Å². The molecular weight excluding hydrogens is 308 g/mol. The Kier molecular flexibility index (Phi) is 5.32. The Hall–Kier alpha value is -1.02. The van der Waals surface area contributed by atoms with E-state index < -0.39 is 10.0 Å². The average molecular weight is 328 g/mol. The zero-order valence-electron chi connectivity index (χ0n) is 11.9. The first kappa shape index (κ1) is 16.4. The Morgan fingerprint density at radius 1 is 1.48 bits per heavy atom. The summed E-state index contributed by atoms with van der Waals surface area (Å²) < 4.78 is 32.5. The summed E-state index contributed by atoms with van der Waals surface area (Å²) in [5.41, 5.74) is 6.85. The molecule has 0 radical (unpaired) electrons. The van der Waals surface area contributed by atoms with Crippen LogP contribution in [-0.4, -0.2) is 32.7 Å². The number of sulfonamides is 1. The van der Waals surface area contributed by atoms with Crippen LogP contribution in [0, 0.1) is 5.92 Å². The highest BCUT2D eigenvalue weighted by atomic mass is 32.2. The molecule has 0 saturated carbocycles. The minimum absolute atomic E-state index is 0.0941. The van der Waals surface area contributed by atoms with E-state index in [0.717, 1.165) is 6.42 Å². The summed E-state index contributed by atoms with van der Waals surface area (Å²) in [5.74, 6) is 0.105. The lowest BCUT2D eigenvalue weighted by Gasteiger charge is -2.15. The van der Waals surface area contributed by atoms with Crippen LogP contribution in [0.2, 0.25) is 0 Å². The summed E-state index contributed by atoms with van der Waals surface area (Å²) >= 11 is 4.95. The van der Waals surface area contributed by atoms with Gasteiger partial charge in [0.15, 0.2) is 0 Å². The quantitative estimate of drug-likeness (QED) is 0.766. The van der Waals surface area contributed by atoms with Crippen molar-refractivity contribution < 1.29 is 13.2 Å². The van der Waals surface area contributed by atoms with Crippen molar-refractivity contribution in [2.45, 2.75) is 25.2 Å². The molecule has 2 rings (SSSR count). The molecule has 0 amide bonds. The highest BCUT2D eigenvalue weighted by Gasteiger charge is 2.26. The van der Waals surface area contributed by atoms with E-state index in [1.807, 2.05) is 6.92 Å². The van der Waals surface area contributed by atoms with Gasteiger partial charge in [-0.05, 0) is 18.9 Å². The highest BCUT2D eigenvalue weighted by molar-refractivity contribution is 7.88. The average Bonchev–Trinajstić information content (AvgIpc) is 2.82. The first-order valence-electron chi connectivity index (χ1n) is 6.85. The Morgan fingerprint density at radius 3 is 2.81 bits per heavy atom. The molecule has 0 bridgehead atoms. The summed E-state index contributed by atoms with van der Waals surface area (Å²) in [7, 11) is -3.42. The van der Waals surface area contributed by atoms with Crippen molar-refractivity contribution in [3.63, 3.8) is 0 Å². The lowest BCUT2D eigenvalue weighted by atomic mass is 10.0. The van der Waals surface area contributed by atoms with Crippen molar-refractivity contribution >= 4 is 27.2 Å². The Bertz CT molecular complexity index is 616. The molecule has 1 aromatic carbocycles. The number of ether oxygens (including phenoxy) is 1. The molecule has 3 N–H and O–H groups in total. The van der Waals surface area contributed by atoms with Crippen LogP contribution in [0.3, 0.4) is 0 Å². The predicted octanol–water partition coefficient (Wildman–Crippen LogP) is 1.17. The highest BCUT2D eigenvalue weighted by Crippen LogP contribution is 2.20. The van der Waals surface area contributed by atoms with Crippen LogP contribution in [0.25, 0.3) is 0 Å². The molecule has 21 heavy (non-hydrogen) atoms. The molecular formula is C14H20N2O3S2. The molecule has 1 aliphatic rings. The van der Waals surface area contributed by atoms with Gasteiger partial charge in [-0.2, -0.15) is 0 Å². The van der Waals surface area contributed by atoms with Crippen LogP contribution < -0.4 is 10.5 Å². The maximum atomic E-state index is 12.2. The number of nitrogens with two attached hydrogens (primary N) is 1. The zero-order valence-corrected chi connectivity index (χ0v) is 13.5. The van der Waals surface area contributed by atoms with Crippen molar-refractivity contribution in [1.82, 2.24) is 4.72 Å². The number of nitrogens with one attached hydrogen (secondary N) is 1. The van der Waals surface area contributed by atoms with Crippen LogP contribution in [0.15, 0.2) is 24.3 Å². The second-order valence-corrected chi connectivity index (χ2v) is 7.50. The lowest BCUT2D eigenvalue weighted by molar-refractivity contribution is 0.107. The predicted molar refractivity (Wildman–Crippen MR) is 86.5 cm³/mol. The van der Waals surface area contributed by atoms with Gasteiger partial charge >= 0.3 is 0 Å². The van der Waals surface area contributed by atoms with E-state index >= 15 is 0 Å². The normalized spacial score (nSPS) is 22.3. The second-order valence-electron chi connectivity index (χ2n) is 5.25. The molecule has 1 fully saturated rings. The van der Waals surface area contributed by atoms with Gasteiger partial charge in [0.1, 0.15) is 4.99 Å². The first-order valence-corrected chi connectivity index (χ1v) is 8.92. The van der Waals surface area contributed by atoms with Gasteiger partial charge < -0.3 is 10.5 Å². The lowest BCUT2D eigenvalue weighted by Crippen LogP contribution is -2.33. The second kappa shape index (κ2) is 6.83. The van der Waals surface area contributed by atoms with Gasteiger partial charge in [0.25, 0.3) is 0 Å². The Morgan fingerprint density at radius 2 is 2.19 bits per heavy atom. The van der Waals surface area contributed by atoms with E-state index in [1.54, 1.807) is 24.3 Å². The first-order chi connectivity index (χ1) is 9.89. The summed E-state index contributed by atoms with van der Waals surface area (Å²) in [6, 6.07) is 7.03. The molecule has 116 valence electrons. The van der Waals surface area contributed by atoms with Crippen LogP contribution >= 0.6 is 12.2 Å². The molecule has 2 unspecified atom stereocenters. The SMILES string of the molecule is CC1OCCC1CNS(=O)(=O)Cc1ccccc1C(N)=S. The zero-order chi connectivity index (χ0) is 15.5. The van der Waals surface area contributed by atoms with Crippen LogP contribution in [0.4, 0.5) is 0 Å². The number of hydrogen-bond acceptors (Lipinski definition) is 4. The van der Waals surface area contributed by atoms with Gasteiger partial charge in [0.2, 0.25) is 10.0 Å². The summed E-state index contributed by atoms with van der Waals surface area (Å²) in [4.78, 5) is 0.207. The van der Waals surface area contributed by atoms with Crippen LogP contribution in [-0.2, 0) is 20.5 Å². The van der Waals surface area contributed by atoms with Crippen molar-refractivity contribution in [2.24, 2.45) is 11.7 Å². The van der Waals surface area contributed by atoms with E-state index in [4.69, 9.17) is 22.7 Å². The Labute approximate surface area is 130 Å². The van der Waals surface area contributed by atoms with Crippen molar-refractivity contribution in [1.29, 1.82) is 0 Å². The maximum Gasteiger partial charge on any atom is 0.215 e. The molecule has 0 aromatic heterocycles. The molecule has 1 saturated heterocycles.